The number of hydrogen-bond donors (Lipinski definition) is 2. The van der Waals surface area contributed by atoms with Crippen LogP contribution in [-0.4, -0.2) is 29.9 Å². The zero-order valence-corrected chi connectivity index (χ0v) is 11.4. The number of sulfonamides is 1. The maximum Gasteiger partial charge on any atom is 0.270 e. The van der Waals surface area contributed by atoms with Gasteiger partial charge in [-0.1, -0.05) is 0 Å². The van der Waals surface area contributed by atoms with Crippen molar-refractivity contribution in [1.82, 2.24) is 14.7 Å². The normalized spacial score (nSPS) is 11.5. The van der Waals surface area contributed by atoms with E-state index in [-0.39, 0.29) is 6.54 Å². The topological polar surface area (TPSA) is 118 Å². The number of aromatic amines is 1. The smallest absolute Gasteiger partial charge is 0.270 e. The van der Waals surface area contributed by atoms with Crippen LogP contribution in [-0.2, 0) is 16.4 Å². The van der Waals surface area contributed by atoms with E-state index in [2.05, 4.69) is 14.7 Å². The Kier molecular flexibility index (Phi) is 4.29. The monoisotopic (exact) mass is 314 g/mol. The number of aromatic nitrogens is 2. The Morgan fingerprint density at radius 3 is 2.81 bits per heavy atom. The third-order valence-corrected chi connectivity index (χ3v) is 4.13. The van der Waals surface area contributed by atoms with Gasteiger partial charge in [-0.25, -0.2) is 22.5 Å². The molecule has 8 nitrogen and oxygen atoms in total. The Morgan fingerprint density at radius 2 is 2.19 bits per heavy atom. The van der Waals surface area contributed by atoms with Crippen LogP contribution in [0.1, 0.15) is 5.69 Å². The van der Waals surface area contributed by atoms with Gasteiger partial charge in [-0.05, 0) is 6.07 Å². The van der Waals surface area contributed by atoms with Crippen molar-refractivity contribution < 1.29 is 17.7 Å². The summed E-state index contributed by atoms with van der Waals surface area (Å²) in [7, 11) is -4.16. The third kappa shape index (κ3) is 3.61. The Hall–Kier alpha value is -2.33. The lowest BCUT2D eigenvalue weighted by molar-refractivity contribution is -0.385. The molecule has 1 aromatic carbocycles. The molecule has 10 heteroatoms. The fourth-order valence-electron chi connectivity index (χ4n) is 1.63. The van der Waals surface area contributed by atoms with Gasteiger partial charge in [0.1, 0.15) is 10.7 Å². The van der Waals surface area contributed by atoms with Crippen LogP contribution in [0.4, 0.5) is 10.1 Å². The maximum atomic E-state index is 13.6. The highest BCUT2D eigenvalue weighted by Gasteiger charge is 2.22. The zero-order chi connectivity index (χ0) is 15.5. The standard InChI is InChI=1S/C11H11FN4O4S/c12-10-2-1-9(16(17)18)5-11(10)21(19,20)15-4-3-8-6-13-7-14-8/h1-2,5-7,15H,3-4H2,(H,13,14). The van der Waals surface area contributed by atoms with Crippen LogP contribution >= 0.6 is 0 Å². The molecule has 0 amide bonds. The second-order valence-electron chi connectivity index (χ2n) is 4.10. The summed E-state index contributed by atoms with van der Waals surface area (Å²) < 4.78 is 39.7. The number of nitro benzene ring substituents is 1. The summed E-state index contributed by atoms with van der Waals surface area (Å²) in [5.41, 5.74) is 0.211. The molecule has 21 heavy (non-hydrogen) atoms. The van der Waals surface area contributed by atoms with Crippen molar-refractivity contribution in [2.45, 2.75) is 11.3 Å². The summed E-state index contributed by atoms with van der Waals surface area (Å²) in [5.74, 6) is -1.05. The van der Waals surface area contributed by atoms with E-state index < -0.39 is 31.3 Å². The van der Waals surface area contributed by atoms with Crippen LogP contribution in [0.15, 0.2) is 35.6 Å². The molecule has 0 fully saturated rings. The van der Waals surface area contributed by atoms with Gasteiger partial charge in [-0.2, -0.15) is 0 Å². The van der Waals surface area contributed by atoms with E-state index in [1.54, 1.807) is 0 Å². The second-order valence-corrected chi connectivity index (χ2v) is 5.83. The lowest BCUT2D eigenvalue weighted by Gasteiger charge is -2.07. The lowest BCUT2D eigenvalue weighted by Crippen LogP contribution is -2.27. The molecule has 1 aromatic heterocycles. The highest BCUT2D eigenvalue weighted by Crippen LogP contribution is 2.20. The lowest BCUT2D eigenvalue weighted by atomic mass is 10.3. The van der Waals surface area contributed by atoms with Crippen molar-refractivity contribution in [3.05, 3.63) is 52.3 Å². The number of imidazole rings is 1. The van der Waals surface area contributed by atoms with Gasteiger partial charge in [-0.15, -0.1) is 0 Å². The van der Waals surface area contributed by atoms with Crippen LogP contribution < -0.4 is 4.72 Å². The molecule has 0 saturated carbocycles. The van der Waals surface area contributed by atoms with Gasteiger partial charge in [0.05, 0.1) is 11.3 Å². The molecule has 0 atom stereocenters. The predicted octanol–water partition coefficient (Wildman–Crippen LogP) is 0.978. The molecule has 0 aliphatic carbocycles. The number of halogens is 1. The predicted molar refractivity (Wildman–Crippen MR) is 70.5 cm³/mol. The first kappa shape index (κ1) is 15.1. The Bertz CT molecular complexity index is 746. The Balaban J connectivity index is 2.15. The quantitative estimate of drug-likeness (QED) is 0.608. The molecule has 2 N–H and O–H groups in total. The Morgan fingerprint density at radius 1 is 1.43 bits per heavy atom. The molecule has 0 bridgehead atoms. The van der Waals surface area contributed by atoms with E-state index in [9.17, 15) is 22.9 Å². The summed E-state index contributed by atoms with van der Waals surface area (Å²) in [6, 6.07) is 2.34. The molecule has 1 heterocycles. The summed E-state index contributed by atoms with van der Waals surface area (Å²) >= 11 is 0. The molecule has 0 aliphatic heterocycles. The van der Waals surface area contributed by atoms with Gasteiger partial charge in [0.15, 0.2) is 0 Å². The van der Waals surface area contributed by atoms with Crippen molar-refractivity contribution in [2.75, 3.05) is 6.54 Å². The van der Waals surface area contributed by atoms with Gasteiger partial charge in [0, 0.05) is 37.0 Å². The minimum Gasteiger partial charge on any atom is -0.348 e. The average Bonchev–Trinajstić information content (AvgIpc) is 2.91. The number of non-ortho nitro benzene ring substituents is 1. The van der Waals surface area contributed by atoms with E-state index >= 15 is 0 Å². The number of H-pyrrole nitrogens is 1. The van der Waals surface area contributed by atoms with Crippen molar-refractivity contribution in [2.24, 2.45) is 0 Å². The molecule has 2 rings (SSSR count). The van der Waals surface area contributed by atoms with Crippen molar-refractivity contribution in [1.29, 1.82) is 0 Å². The number of rotatable bonds is 6. The zero-order valence-electron chi connectivity index (χ0n) is 10.6. The largest absolute Gasteiger partial charge is 0.348 e. The first-order valence-electron chi connectivity index (χ1n) is 5.81. The number of nitro groups is 1. The van der Waals surface area contributed by atoms with Crippen LogP contribution in [0, 0.1) is 15.9 Å². The van der Waals surface area contributed by atoms with Gasteiger partial charge < -0.3 is 4.98 Å². The fourth-order valence-corrected chi connectivity index (χ4v) is 2.76. The molecule has 0 radical (unpaired) electrons. The first-order chi connectivity index (χ1) is 9.90. The van der Waals surface area contributed by atoms with Crippen LogP contribution in [0.25, 0.3) is 0 Å². The molecule has 0 spiro atoms. The van der Waals surface area contributed by atoms with E-state index in [0.29, 0.717) is 18.2 Å². The molecule has 0 saturated heterocycles. The van der Waals surface area contributed by atoms with Crippen LogP contribution in [0.2, 0.25) is 0 Å². The highest BCUT2D eigenvalue weighted by molar-refractivity contribution is 7.89. The maximum absolute atomic E-state index is 13.6. The molecular weight excluding hydrogens is 303 g/mol. The van der Waals surface area contributed by atoms with Crippen molar-refractivity contribution in [3.8, 4) is 0 Å². The van der Waals surface area contributed by atoms with E-state index in [4.69, 9.17) is 0 Å². The highest BCUT2D eigenvalue weighted by atomic mass is 32.2. The minimum absolute atomic E-state index is 0.00661. The number of nitrogens with zero attached hydrogens (tertiary/aromatic N) is 2. The third-order valence-electron chi connectivity index (χ3n) is 2.66. The average molecular weight is 314 g/mol. The van der Waals surface area contributed by atoms with Crippen LogP contribution in [0.3, 0.4) is 0 Å². The fraction of sp³-hybridized carbons (Fsp3) is 0.182. The van der Waals surface area contributed by atoms with E-state index in [1.165, 1.54) is 12.5 Å². The first-order valence-corrected chi connectivity index (χ1v) is 7.29. The summed E-state index contributed by atoms with van der Waals surface area (Å²) in [4.78, 5) is 15.6. The van der Waals surface area contributed by atoms with Gasteiger partial charge >= 0.3 is 0 Å². The second kappa shape index (κ2) is 5.97. The summed E-state index contributed by atoms with van der Waals surface area (Å²) in [6.45, 7) is 0.00661. The van der Waals surface area contributed by atoms with Gasteiger partial charge in [0.2, 0.25) is 10.0 Å². The van der Waals surface area contributed by atoms with Gasteiger partial charge in [-0.3, -0.25) is 10.1 Å². The van der Waals surface area contributed by atoms with Crippen LogP contribution in [0.5, 0.6) is 0 Å². The minimum atomic E-state index is -4.16. The molecule has 2 aromatic rings. The molecular formula is C11H11FN4O4S. The number of benzene rings is 1. The van der Waals surface area contributed by atoms with E-state index in [1.807, 2.05) is 0 Å². The van der Waals surface area contributed by atoms with Crippen molar-refractivity contribution >= 4 is 15.7 Å². The van der Waals surface area contributed by atoms with Gasteiger partial charge in [0.25, 0.3) is 5.69 Å². The number of nitrogens with one attached hydrogen (secondary N) is 2. The SMILES string of the molecule is O=[N+]([O-])c1ccc(F)c(S(=O)(=O)NCCc2cnc[nH]2)c1. The molecule has 0 aliphatic rings. The molecule has 112 valence electrons. The van der Waals surface area contributed by atoms with Crippen molar-refractivity contribution in [3.63, 3.8) is 0 Å². The number of hydrogen-bond acceptors (Lipinski definition) is 5. The summed E-state index contributed by atoms with van der Waals surface area (Å²) in [5, 5.41) is 10.6. The molecule has 0 unspecified atom stereocenters. The summed E-state index contributed by atoms with van der Waals surface area (Å²) in [6.07, 6.45) is 3.31. The van der Waals surface area contributed by atoms with E-state index in [0.717, 1.165) is 12.1 Å². The Labute approximate surface area is 119 Å².